The highest BCUT2D eigenvalue weighted by Gasteiger charge is 2.52. The number of carboxylic acid groups (broad SMARTS) is 1. The molecule has 0 atom stereocenters. The Bertz CT molecular complexity index is 610. The summed E-state index contributed by atoms with van der Waals surface area (Å²) in [5, 5.41) is 10.9. The van der Waals surface area contributed by atoms with Gasteiger partial charge < -0.3 is 14.8 Å². The maximum absolute atomic E-state index is 11.7. The molecule has 0 spiro atoms. The molecule has 1 fully saturated rings. The first-order chi connectivity index (χ1) is 8.24. The van der Waals surface area contributed by atoms with Crippen molar-refractivity contribution in [3.63, 3.8) is 0 Å². The molecule has 0 aromatic carbocycles. The summed E-state index contributed by atoms with van der Waals surface area (Å²) < 4.78 is 27.2. The summed E-state index contributed by atoms with van der Waals surface area (Å²) in [7, 11) is -3.52. The minimum Gasteiger partial charge on any atom is -0.480 e. The molecule has 2 N–H and O–H groups in total. The van der Waals surface area contributed by atoms with Gasteiger partial charge in [0.1, 0.15) is 5.54 Å². The lowest BCUT2D eigenvalue weighted by Crippen LogP contribution is -2.42. The van der Waals surface area contributed by atoms with E-state index in [-0.39, 0.29) is 10.9 Å². The van der Waals surface area contributed by atoms with E-state index in [1.165, 1.54) is 6.07 Å². The Kier molecular flexibility index (Phi) is 2.69. The van der Waals surface area contributed by atoms with Crippen LogP contribution in [0.25, 0.3) is 0 Å². The summed E-state index contributed by atoms with van der Waals surface area (Å²) >= 11 is 0. The highest BCUT2D eigenvalue weighted by molar-refractivity contribution is 7.90. The fourth-order valence-corrected chi connectivity index (χ4v) is 1.99. The first-order valence-corrected chi connectivity index (χ1v) is 7.00. The fraction of sp³-hybridized carbons (Fsp3) is 0.400. The fourth-order valence-electron chi connectivity index (χ4n) is 1.44. The van der Waals surface area contributed by atoms with Crippen molar-refractivity contribution in [2.24, 2.45) is 0 Å². The van der Waals surface area contributed by atoms with Gasteiger partial charge in [0, 0.05) is 6.26 Å². The van der Waals surface area contributed by atoms with Gasteiger partial charge in [0.25, 0.3) is 5.91 Å². The van der Waals surface area contributed by atoms with Crippen molar-refractivity contribution in [2.75, 3.05) is 6.26 Å². The van der Waals surface area contributed by atoms with Gasteiger partial charge >= 0.3 is 5.97 Å². The number of amides is 1. The van der Waals surface area contributed by atoms with Crippen LogP contribution in [0.1, 0.15) is 23.4 Å². The molecule has 1 aromatic heterocycles. The lowest BCUT2D eigenvalue weighted by Gasteiger charge is -2.10. The van der Waals surface area contributed by atoms with Crippen LogP contribution in [0.5, 0.6) is 0 Å². The van der Waals surface area contributed by atoms with Gasteiger partial charge in [-0.2, -0.15) is 0 Å². The van der Waals surface area contributed by atoms with Gasteiger partial charge in [-0.25, -0.2) is 13.2 Å². The zero-order valence-electron chi connectivity index (χ0n) is 9.47. The van der Waals surface area contributed by atoms with Crippen molar-refractivity contribution in [3.05, 3.63) is 17.9 Å². The van der Waals surface area contributed by atoms with Crippen molar-refractivity contribution in [2.45, 2.75) is 23.5 Å². The topological polar surface area (TPSA) is 114 Å². The smallest absolute Gasteiger partial charge is 0.329 e. The molecule has 1 aromatic rings. The van der Waals surface area contributed by atoms with E-state index in [1.807, 2.05) is 0 Å². The van der Waals surface area contributed by atoms with Crippen molar-refractivity contribution >= 4 is 21.7 Å². The number of rotatable bonds is 4. The predicted molar refractivity (Wildman–Crippen MR) is 58.9 cm³/mol. The summed E-state index contributed by atoms with van der Waals surface area (Å²) in [4.78, 5) is 22.6. The van der Waals surface area contributed by atoms with Gasteiger partial charge in [0.05, 0.1) is 0 Å². The molecular weight excluding hydrogens is 262 g/mol. The van der Waals surface area contributed by atoms with E-state index in [0.29, 0.717) is 12.8 Å². The second kappa shape index (κ2) is 3.84. The zero-order chi connectivity index (χ0) is 13.6. The van der Waals surface area contributed by atoms with E-state index in [1.54, 1.807) is 0 Å². The minimum atomic E-state index is -3.52. The monoisotopic (exact) mass is 273 g/mol. The average Bonchev–Trinajstić information content (AvgIpc) is 2.85. The molecule has 1 aliphatic rings. The predicted octanol–water partition coefficient (Wildman–Crippen LogP) is 0.0301. The number of hydrogen-bond donors (Lipinski definition) is 2. The number of carbonyl (C=O) groups is 2. The van der Waals surface area contributed by atoms with Gasteiger partial charge in [-0.05, 0) is 25.0 Å². The standard InChI is InChI=1S/C10H11NO6S/c1-18(15,16)7-3-2-6(17-7)8(12)11-10(4-5-10)9(13)14/h2-3H,4-5H2,1H3,(H,11,12)(H,13,14). The average molecular weight is 273 g/mol. The summed E-state index contributed by atoms with van der Waals surface area (Å²) in [6.45, 7) is 0. The third-order valence-corrected chi connectivity index (χ3v) is 3.63. The Balaban J connectivity index is 2.16. The van der Waals surface area contributed by atoms with Gasteiger partial charge in [-0.15, -0.1) is 0 Å². The van der Waals surface area contributed by atoms with E-state index < -0.39 is 27.3 Å². The third kappa shape index (κ3) is 2.23. The molecule has 98 valence electrons. The Hall–Kier alpha value is -1.83. The molecule has 0 saturated heterocycles. The van der Waals surface area contributed by atoms with E-state index in [4.69, 9.17) is 9.52 Å². The molecule has 18 heavy (non-hydrogen) atoms. The molecule has 1 amide bonds. The van der Waals surface area contributed by atoms with Crippen LogP contribution in [0.3, 0.4) is 0 Å². The van der Waals surface area contributed by atoms with E-state index >= 15 is 0 Å². The second-order valence-electron chi connectivity index (χ2n) is 4.23. The van der Waals surface area contributed by atoms with Crippen LogP contribution >= 0.6 is 0 Å². The lowest BCUT2D eigenvalue weighted by molar-refractivity contribution is -0.140. The molecule has 0 bridgehead atoms. The summed E-state index contributed by atoms with van der Waals surface area (Å²) in [6.07, 6.45) is 1.66. The first-order valence-electron chi connectivity index (χ1n) is 5.10. The normalized spacial score (nSPS) is 17.2. The molecule has 0 aliphatic heterocycles. The first kappa shape index (κ1) is 12.6. The van der Waals surface area contributed by atoms with E-state index in [2.05, 4.69) is 5.32 Å². The largest absolute Gasteiger partial charge is 0.480 e. The number of carbonyl (C=O) groups excluding carboxylic acids is 1. The van der Waals surface area contributed by atoms with Crippen molar-refractivity contribution in [1.82, 2.24) is 5.32 Å². The third-order valence-electron chi connectivity index (χ3n) is 2.68. The van der Waals surface area contributed by atoms with Crippen LogP contribution in [0.15, 0.2) is 21.6 Å². The number of carboxylic acids is 1. The Morgan fingerprint density at radius 3 is 2.39 bits per heavy atom. The van der Waals surface area contributed by atoms with Crippen molar-refractivity contribution in [1.29, 1.82) is 0 Å². The molecule has 1 heterocycles. The SMILES string of the molecule is CS(=O)(=O)c1ccc(C(=O)NC2(C(=O)O)CC2)o1. The maximum atomic E-state index is 11.7. The van der Waals surface area contributed by atoms with E-state index in [9.17, 15) is 18.0 Å². The van der Waals surface area contributed by atoms with Crippen LogP contribution in [-0.4, -0.2) is 37.2 Å². The number of furan rings is 1. The quantitative estimate of drug-likeness (QED) is 0.800. The van der Waals surface area contributed by atoms with Gasteiger partial charge in [-0.3, -0.25) is 4.79 Å². The number of aliphatic carboxylic acids is 1. The van der Waals surface area contributed by atoms with Crippen molar-refractivity contribution < 1.29 is 27.5 Å². The molecule has 7 nitrogen and oxygen atoms in total. The summed E-state index contributed by atoms with van der Waals surface area (Å²) in [5.74, 6) is -2.06. The highest BCUT2D eigenvalue weighted by atomic mass is 32.2. The molecule has 2 rings (SSSR count). The van der Waals surface area contributed by atoms with Crippen LogP contribution in [0.2, 0.25) is 0 Å². The molecule has 8 heteroatoms. The second-order valence-corrected chi connectivity index (χ2v) is 6.18. The molecule has 1 saturated carbocycles. The molecule has 0 radical (unpaired) electrons. The van der Waals surface area contributed by atoms with Gasteiger partial charge in [0.15, 0.2) is 5.76 Å². The van der Waals surface area contributed by atoms with Gasteiger partial charge in [0.2, 0.25) is 14.9 Å². The van der Waals surface area contributed by atoms with Crippen molar-refractivity contribution in [3.8, 4) is 0 Å². The Morgan fingerprint density at radius 1 is 1.39 bits per heavy atom. The van der Waals surface area contributed by atoms with E-state index in [0.717, 1.165) is 12.3 Å². The Morgan fingerprint density at radius 2 is 2.00 bits per heavy atom. The van der Waals surface area contributed by atoms with Crippen LogP contribution in [0, 0.1) is 0 Å². The summed E-state index contributed by atoms with van der Waals surface area (Å²) in [5.41, 5.74) is -1.23. The number of sulfone groups is 1. The minimum absolute atomic E-state index is 0.219. The van der Waals surface area contributed by atoms with Crippen LogP contribution in [0.4, 0.5) is 0 Å². The lowest BCUT2D eigenvalue weighted by atomic mass is 10.2. The van der Waals surface area contributed by atoms with Crippen LogP contribution in [-0.2, 0) is 14.6 Å². The molecule has 1 aliphatic carbocycles. The Labute approximate surface area is 103 Å². The molecule has 0 unspecified atom stereocenters. The summed E-state index contributed by atoms with van der Waals surface area (Å²) in [6, 6.07) is 2.36. The highest BCUT2D eigenvalue weighted by Crippen LogP contribution is 2.35. The van der Waals surface area contributed by atoms with Gasteiger partial charge in [-0.1, -0.05) is 0 Å². The van der Waals surface area contributed by atoms with Crippen LogP contribution < -0.4 is 5.32 Å². The maximum Gasteiger partial charge on any atom is 0.329 e. The number of hydrogen-bond acceptors (Lipinski definition) is 5. The number of nitrogens with one attached hydrogen (secondary N) is 1. The molecular formula is C10H11NO6S. The zero-order valence-corrected chi connectivity index (χ0v) is 10.3.